The molecule has 0 amide bonds. The molecule has 96 valence electrons. The number of nitriles is 2. The molecule has 0 aliphatic heterocycles. The van der Waals surface area contributed by atoms with Gasteiger partial charge in [0, 0.05) is 18.3 Å². The van der Waals surface area contributed by atoms with E-state index in [1.807, 2.05) is 0 Å². The summed E-state index contributed by atoms with van der Waals surface area (Å²) in [5.41, 5.74) is -0.917. The third kappa shape index (κ3) is 3.17. The zero-order chi connectivity index (χ0) is 14.4. The summed E-state index contributed by atoms with van der Waals surface area (Å²) in [6, 6.07) is 4.95. The lowest BCUT2D eigenvalue weighted by Gasteiger charge is -2.08. The van der Waals surface area contributed by atoms with E-state index in [4.69, 9.17) is 15.3 Å². The molecule has 0 saturated heterocycles. The lowest BCUT2D eigenvalue weighted by atomic mass is 10.2. The van der Waals surface area contributed by atoms with Gasteiger partial charge in [0.2, 0.25) is 5.82 Å². The number of halogens is 1. The van der Waals surface area contributed by atoms with Crippen LogP contribution >= 0.6 is 0 Å². The van der Waals surface area contributed by atoms with Crippen LogP contribution in [0, 0.1) is 38.6 Å². The molecule has 0 spiro atoms. The minimum atomic E-state index is -1.04. The van der Waals surface area contributed by atoms with Crippen LogP contribution in [0.4, 0.5) is 15.8 Å². The highest BCUT2D eigenvalue weighted by Gasteiger charge is 2.18. The molecule has 0 aliphatic rings. The van der Waals surface area contributed by atoms with Crippen molar-refractivity contribution in [3.05, 3.63) is 39.8 Å². The summed E-state index contributed by atoms with van der Waals surface area (Å²) in [4.78, 5) is 9.71. The molecule has 0 aliphatic carbocycles. The maximum absolute atomic E-state index is 13.3. The molecule has 8 heteroatoms. The van der Waals surface area contributed by atoms with Gasteiger partial charge in [-0.2, -0.15) is 14.9 Å². The number of hydrogen-bond acceptors (Lipinski definition) is 6. The summed E-state index contributed by atoms with van der Waals surface area (Å²) in [5.74, 6) is -1.04. The first kappa shape index (κ1) is 13.9. The molecule has 0 heterocycles. The van der Waals surface area contributed by atoms with Gasteiger partial charge in [0.05, 0.1) is 17.7 Å². The predicted octanol–water partition coefficient (Wildman–Crippen LogP) is 2.09. The lowest BCUT2D eigenvalue weighted by Crippen LogP contribution is -1.99. The third-order valence-electron chi connectivity index (χ3n) is 2.08. The topological polar surface area (TPSA) is 112 Å². The maximum atomic E-state index is 13.3. The van der Waals surface area contributed by atoms with Crippen LogP contribution in [0.25, 0.3) is 0 Å². The van der Waals surface area contributed by atoms with Crippen molar-refractivity contribution in [3.8, 4) is 17.9 Å². The number of rotatable bonds is 4. The SMILES string of the molecule is COc1cc(F)c([N+](=O)[O-])cc1NC=C(C#N)C#N. The van der Waals surface area contributed by atoms with Crippen LogP contribution in [0.15, 0.2) is 23.9 Å². The van der Waals surface area contributed by atoms with Gasteiger partial charge in [-0.1, -0.05) is 0 Å². The second-order valence-corrected chi connectivity index (χ2v) is 3.19. The minimum Gasteiger partial charge on any atom is -0.494 e. The summed E-state index contributed by atoms with van der Waals surface area (Å²) in [6.45, 7) is 0. The van der Waals surface area contributed by atoms with Crippen LogP contribution in [0.3, 0.4) is 0 Å². The van der Waals surface area contributed by atoms with Gasteiger partial charge in [-0.05, 0) is 0 Å². The Kier molecular flexibility index (Phi) is 4.39. The lowest BCUT2D eigenvalue weighted by molar-refractivity contribution is -0.387. The summed E-state index contributed by atoms with van der Waals surface area (Å²) < 4.78 is 18.2. The fourth-order valence-electron chi connectivity index (χ4n) is 1.20. The Bertz CT molecular complexity index is 612. The number of nitro benzene ring substituents is 1. The molecule has 0 atom stereocenters. The van der Waals surface area contributed by atoms with Crippen molar-refractivity contribution < 1.29 is 14.1 Å². The molecule has 1 rings (SSSR count). The van der Waals surface area contributed by atoms with Crippen molar-refractivity contribution in [2.75, 3.05) is 12.4 Å². The number of nitrogens with zero attached hydrogens (tertiary/aromatic N) is 3. The van der Waals surface area contributed by atoms with E-state index in [-0.39, 0.29) is 17.0 Å². The third-order valence-corrected chi connectivity index (χ3v) is 2.08. The van der Waals surface area contributed by atoms with Crippen molar-refractivity contribution in [1.82, 2.24) is 0 Å². The highest BCUT2D eigenvalue weighted by molar-refractivity contribution is 5.64. The monoisotopic (exact) mass is 262 g/mol. The molecule has 1 aromatic rings. The van der Waals surface area contributed by atoms with Crippen LogP contribution in [0.2, 0.25) is 0 Å². The molecule has 1 aromatic carbocycles. The number of nitrogens with one attached hydrogen (secondary N) is 1. The largest absolute Gasteiger partial charge is 0.494 e. The van der Waals surface area contributed by atoms with Crippen LogP contribution in [0.1, 0.15) is 0 Å². The normalized spacial score (nSPS) is 8.84. The first-order valence-electron chi connectivity index (χ1n) is 4.82. The Hall–Kier alpha value is -3.13. The molecule has 1 N–H and O–H groups in total. The van der Waals surface area contributed by atoms with Crippen LogP contribution in [0.5, 0.6) is 5.75 Å². The quantitative estimate of drug-likeness (QED) is 0.505. The summed E-state index contributed by atoms with van der Waals surface area (Å²) in [5, 5.41) is 30.2. The van der Waals surface area contributed by atoms with E-state index < -0.39 is 16.4 Å². The molecule has 0 fully saturated rings. The molecule has 0 unspecified atom stereocenters. The zero-order valence-corrected chi connectivity index (χ0v) is 9.68. The Morgan fingerprint density at radius 3 is 2.63 bits per heavy atom. The average Bonchev–Trinajstić information content (AvgIpc) is 2.40. The zero-order valence-electron chi connectivity index (χ0n) is 9.68. The number of methoxy groups -OCH3 is 1. The van der Waals surface area contributed by atoms with E-state index in [0.29, 0.717) is 0 Å². The van der Waals surface area contributed by atoms with E-state index in [2.05, 4.69) is 5.32 Å². The molecular formula is C11H7FN4O3. The molecule has 19 heavy (non-hydrogen) atoms. The molecular weight excluding hydrogens is 255 g/mol. The van der Waals surface area contributed by atoms with E-state index >= 15 is 0 Å². The van der Waals surface area contributed by atoms with Gasteiger partial charge in [-0.3, -0.25) is 10.1 Å². The number of allylic oxidation sites excluding steroid dienone is 1. The van der Waals surface area contributed by atoms with E-state index in [0.717, 1.165) is 18.3 Å². The van der Waals surface area contributed by atoms with E-state index in [9.17, 15) is 14.5 Å². The number of ether oxygens (including phenoxy) is 1. The Morgan fingerprint density at radius 2 is 2.16 bits per heavy atom. The number of nitro groups is 1. The van der Waals surface area contributed by atoms with Crippen molar-refractivity contribution >= 4 is 11.4 Å². The molecule has 0 saturated carbocycles. The highest BCUT2D eigenvalue weighted by atomic mass is 19.1. The van der Waals surface area contributed by atoms with Gasteiger partial charge in [0.1, 0.15) is 23.5 Å². The Balaban J connectivity index is 3.23. The first-order valence-corrected chi connectivity index (χ1v) is 4.82. The van der Waals surface area contributed by atoms with Gasteiger partial charge < -0.3 is 10.1 Å². The average molecular weight is 262 g/mol. The smallest absolute Gasteiger partial charge is 0.307 e. The predicted molar refractivity (Wildman–Crippen MR) is 62.5 cm³/mol. The van der Waals surface area contributed by atoms with Crippen molar-refractivity contribution in [1.29, 1.82) is 10.5 Å². The van der Waals surface area contributed by atoms with Gasteiger partial charge >= 0.3 is 5.69 Å². The fourth-order valence-corrected chi connectivity index (χ4v) is 1.20. The summed E-state index contributed by atoms with van der Waals surface area (Å²) >= 11 is 0. The summed E-state index contributed by atoms with van der Waals surface area (Å²) in [7, 11) is 1.25. The Morgan fingerprint density at radius 1 is 1.53 bits per heavy atom. The second kappa shape index (κ2) is 5.98. The first-order chi connectivity index (χ1) is 9.03. The van der Waals surface area contributed by atoms with Crippen molar-refractivity contribution in [2.24, 2.45) is 0 Å². The molecule has 7 nitrogen and oxygen atoms in total. The number of benzene rings is 1. The van der Waals surface area contributed by atoms with Gasteiger partial charge in [0.15, 0.2) is 0 Å². The van der Waals surface area contributed by atoms with Gasteiger partial charge in [-0.15, -0.1) is 0 Å². The molecule has 0 radical (unpaired) electrons. The van der Waals surface area contributed by atoms with E-state index in [1.54, 1.807) is 12.1 Å². The maximum Gasteiger partial charge on any atom is 0.307 e. The second-order valence-electron chi connectivity index (χ2n) is 3.19. The van der Waals surface area contributed by atoms with Crippen molar-refractivity contribution in [2.45, 2.75) is 0 Å². The van der Waals surface area contributed by atoms with Gasteiger partial charge in [0.25, 0.3) is 0 Å². The standard InChI is InChI=1S/C11H7FN4O3/c1-19-11-2-8(12)10(16(17)18)3-9(11)15-6-7(4-13)5-14/h2-3,6,15H,1H3. The Labute approximate surface area is 107 Å². The van der Waals surface area contributed by atoms with Gasteiger partial charge in [-0.25, -0.2) is 0 Å². The minimum absolute atomic E-state index is 0.00887. The number of hydrogen-bond donors (Lipinski definition) is 1. The van der Waals surface area contributed by atoms with E-state index in [1.165, 1.54) is 7.11 Å². The highest BCUT2D eigenvalue weighted by Crippen LogP contribution is 2.31. The molecule has 0 bridgehead atoms. The fraction of sp³-hybridized carbons (Fsp3) is 0.0909. The summed E-state index contributed by atoms with van der Waals surface area (Å²) in [6.07, 6.45) is 1.04. The van der Waals surface area contributed by atoms with Crippen LogP contribution in [-0.4, -0.2) is 12.0 Å². The van der Waals surface area contributed by atoms with Crippen LogP contribution < -0.4 is 10.1 Å². The van der Waals surface area contributed by atoms with Crippen molar-refractivity contribution in [3.63, 3.8) is 0 Å². The number of anilines is 1. The van der Waals surface area contributed by atoms with Crippen LogP contribution in [-0.2, 0) is 0 Å². The molecule has 0 aromatic heterocycles.